The highest BCUT2D eigenvalue weighted by Gasteiger charge is 2.22. The second-order valence-electron chi connectivity index (χ2n) is 3.97. The van der Waals surface area contributed by atoms with Gasteiger partial charge in [0.05, 0.1) is 6.10 Å². The molecule has 0 aromatic carbocycles. The minimum atomic E-state index is -0.152. The van der Waals surface area contributed by atoms with Crippen LogP contribution in [0.15, 0.2) is 0 Å². The van der Waals surface area contributed by atoms with Crippen LogP contribution in [0.25, 0.3) is 0 Å². The highest BCUT2D eigenvalue weighted by atomic mass is 16.3. The third-order valence-corrected chi connectivity index (χ3v) is 2.60. The average molecular weight is 200 g/mol. The molecule has 4 heteroatoms. The normalized spacial score (nSPS) is 26.1. The number of rotatable bonds is 4. The number of urea groups is 1. The third kappa shape index (κ3) is 3.96. The molecule has 3 N–H and O–H groups in total. The highest BCUT2D eigenvalue weighted by Crippen LogP contribution is 2.24. The number of aliphatic hydroxyl groups excluding tert-OH is 1. The first-order valence-electron chi connectivity index (χ1n) is 5.42. The van der Waals surface area contributed by atoms with Crippen molar-refractivity contribution in [2.45, 2.75) is 38.7 Å². The second kappa shape index (κ2) is 5.86. The highest BCUT2D eigenvalue weighted by molar-refractivity contribution is 5.73. The van der Waals surface area contributed by atoms with Crippen molar-refractivity contribution in [2.24, 2.45) is 5.92 Å². The first-order valence-corrected chi connectivity index (χ1v) is 5.42. The van der Waals surface area contributed by atoms with E-state index in [-0.39, 0.29) is 12.1 Å². The zero-order valence-electron chi connectivity index (χ0n) is 8.75. The van der Waals surface area contributed by atoms with Crippen LogP contribution < -0.4 is 10.6 Å². The SMILES string of the molecule is CCCNC(=O)NCC1CCC(O)C1. The van der Waals surface area contributed by atoms with Gasteiger partial charge in [0.25, 0.3) is 0 Å². The number of amides is 2. The van der Waals surface area contributed by atoms with E-state index in [1.165, 1.54) is 0 Å². The zero-order chi connectivity index (χ0) is 10.4. The van der Waals surface area contributed by atoms with E-state index in [9.17, 15) is 9.90 Å². The first-order chi connectivity index (χ1) is 6.72. The van der Waals surface area contributed by atoms with Crippen LogP contribution in [0.1, 0.15) is 32.6 Å². The predicted molar refractivity (Wildman–Crippen MR) is 55.0 cm³/mol. The van der Waals surface area contributed by atoms with Gasteiger partial charge in [0.1, 0.15) is 0 Å². The molecule has 0 heterocycles. The number of carbonyl (C=O) groups is 1. The number of nitrogens with one attached hydrogen (secondary N) is 2. The summed E-state index contributed by atoms with van der Waals surface area (Å²) < 4.78 is 0. The molecule has 14 heavy (non-hydrogen) atoms. The Hall–Kier alpha value is -0.770. The number of aliphatic hydroxyl groups is 1. The van der Waals surface area contributed by atoms with E-state index in [1.54, 1.807) is 0 Å². The molecule has 1 saturated carbocycles. The van der Waals surface area contributed by atoms with E-state index >= 15 is 0 Å². The molecule has 0 aliphatic heterocycles. The monoisotopic (exact) mass is 200 g/mol. The van der Waals surface area contributed by atoms with Crippen molar-refractivity contribution in [3.05, 3.63) is 0 Å². The lowest BCUT2D eigenvalue weighted by molar-refractivity contribution is 0.177. The average Bonchev–Trinajstić information content (AvgIpc) is 2.58. The molecule has 4 nitrogen and oxygen atoms in total. The maximum Gasteiger partial charge on any atom is 0.314 e. The summed E-state index contributed by atoms with van der Waals surface area (Å²) in [5, 5.41) is 14.9. The number of carbonyl (C=O) groups excluding carboxylic acids is 1. The van der Waals surface area contributed by atoms with Gasteiger partial charge in [-0.05, 0) is 31.6 Å². The van der Waals surface area contributed by atoms with E-state index in [2.05, 4.69) is 10.6 Å². The fourth-order valence-electron chi connectivity index (χ4n) is 1.77. The van der Waals surface area contributed by atoms with Gasteiger partial charge in [-0.15, -0.1) is 0 Å². The molecule has 2 amide bonds. The number of hydrogen-bond donors (Lipinski definition) is 3. The van der Waals surface area contributed by atoms with Gasteiger partial charge >= 0.3 is 6.03 Å². The van der Waals surface area contributed by atoms with Gasteiger partial charge in [0.15, 0.2) is 0 Å². The van der Waals surface area contributed by atoms with Crippen LogP contribution in [-0.4, -0.2) is 30.3 Å². The van der Waals surface area contributed by atoms with Crippen LogP contribution in [0.3, 0.4) is 0 Å². The van der Waals surface area contributed by atoms with E-state index < -0.39 is 0 Å². The molecule has 2 atom stereocenters. The lowest BCUT2D eigenvalue weighted by atomic mass is 10.1. The molecule has 1 rings (SSSR count). The van der Waals surface area contributed by atoms with Crippen LogP contribution in [0.4, 0.5) is 4.79 Å². The van der Waals surface area contributed by atoms with Crippen molar-refractivity contribution in [2.75, 3.05) is 13.1 Å². The van der Waals surface area contributed by atoms with Gasteiger partial charge in [0, 0.05) is 13.1 Å². The molecule has 1 aliphatic rings. The van der Waals surface area contributed by atoms with Crippen molar-refractivity contribution >= 4 is 6.03 Å². The Labute approximate surface area is 85.1 Å². The van der Waals surface area contributed by atoms with Crippen LogP contribution in [-0.2, 0) is 0 Å². The molecule has 0 radical (unpaired) electrons. The van der Waals surface area contributed by atoms with Crippen LogP contribution in [0.2, 0.25) is 0 Å². The van der Waals surface area contributed by atoms with Gasteiger partial charge in [-0.1, -0.05) is 6.92 Å². The molecular weight excluding hydrogens is 180 g/mol. The molecule has 2 unspecified atom stereocenters. The molecule has 0 bridgehead atoms. The Morgan fingerprint density at radius 1 is 1.43 bits per heavy atom. The Morgan fingerprint density at radius 3 is 2.79 bits per heavy atom. The molecule has 0 saturated heterocycles. The minimum Gasteiger partial charge on any atom is -0.393 e. The smallest absolute Gasteiger partial charge is 0.314 e. The lowest BCUT2D eigenvalue weighted by Crippen LogP contribution is -2.38. The van der Waals surface area contributed by atoms with E-state index in [4.69, 9.17) is 0 Å². The quantitative estimate of drug-likeness (QED) is 0.630. The topological polar surface area (TPSA) is 61.4 Å². The zero-order valence-corrected chi connectivity index (χ0v) is 8.75. The van der Waals surface area contributed by atoms with Gasteiger partial charge in [0.2, 0.25) is 0 Å². The van der Waals surface area contributed by atoms with Gasteiger partial charge in [-0.25, -0.2) is 4.79 Å². The van der Waals surface area contributed by atoms with Crippen molar-refractivity contribution in [1.29, 1.82) is 0 Å². The molecule has 1 aliphatic carbocycles. The fraction of sp³-hybridized carbons (Fsp3) is 0.900. The third-order valence-electron chi connectivity index (χ3n) is 2.60. The molecule has 0 aromatic heterocycles. The fourth-order valence-corrected chi connectivity index (χ4v) is 1.77. The largest absolute Gasteiger partial charge is 0.393 e. The summed E-state index contributed by atoms with van der Waals surface area (Å²) in [7, 11) is 0. The molecular formula is C10H20N2O2. The minimum absolute atomic E-state index is 0.0896. The predicted octanol–water partition coefficient (Wildman–Crippen LogP) is 0.857. The van der Waals surface area contributed by atoms with Crippen molar-refractivity contribution in [3.8, 4) is 0 Å². The Balaban J connectivity index is 2.05. The summed E-state index contributed by atoms with van der Waals surface area (Å²) in [5.41, 5.74) is 0. The van der Waals surface area contributed by atoms with Gasteiger partial charge in [-0.2, -0.15) is 0 Å². The summed E-state index contributed by atoms with van der Waals surface area (Å²) in [6, 6.07) is -0.0896. The van der Waals surface area contributed by atoms with Gasteiger partial charge < -0.3 is 15.7 Å². The summed E-state index contributed by atoms with van der Waals surface area (Å²) in [5.74, 6) is 0.456. The molecule has 82 valence electrons. The summed E-state index contributed by atoms with van der Waals surface area (Å²) >= 11 is 0. The second-order valence-corrected chi connectivity index (χ2v) is 3.97. The van der Waals surface area contributed by atoms with Crippen LogP contribution in [0, 0.1) is 5.92 Å². The summed E-state index contributed by atoms with van der Waals surface area (Å²) in [6.45, 7) is 3.43. The molecule has 0 aromatic rings. The van der Waals surface area contributed by atoms with Crippen molar-refractivity contribution in [1.82, 2.24) is 10.6 Å². The Morgan fingerprint density at radius 2 is 2.21 bits per heavy atom. The van der Waals surface area contributed by atoms with E-state index in [1.807, 2.05) is 6.92 Å². The standard InChI is InChI=1S/C10H20N2O2/c1-2-5-11-10(14)12-7-8-3-4-9(13)6-8/h8-9,13H,2-7H2,1H3,(H2,11,12,14). The van der Waals surface area contributed by atoms with E-state index in [0.29, 0.717) is 12.5 Å². The van der Waals surface area contributed by atoms with Crippen LogP contribution in [0.5, 0.6) is 0 Å². The van der Waals surface area contributed by atoms with Crippen LogP contribution >= 0.6 is 0 Å². The van der Waals surface area contributed by atoms with Crippen molar-refractivity contribution < 1.29 is 9.90 Å². The summed E-state index contributed by atoms with van der Waals surface area (Å²) in [6.07, 6.45) is 3.53. The Bertz CT molecular complexity index is 185. The molecule has 0 spiro atoms. The maximum absolute atomic E-state index is 11.2. The number of hydrogen-bond acceptors (Lipinski definition) is 2. The van der Waals surface area contributed by atoms with Crippen molar-refractivity contribution in [3.63, 3.8) is 0 Å². The van der Waals surface area contributed by atoms with Gasteiger partial charge in [-0.3, -0.25) is 0 Å². The maximum atomic E-state index is 11.2. The lowest BCUT2D eigenvalue weighted by Gasteiger charge is -2.11. The van der Waals surface area contributed by atoms with E-state index in [0.717, 1.165) is 32.2 Å². The molecule has 1 fully saturated rings. The Kier molecular flexibility index (Phi) is 4.73. The first kappa shape index (κ1) is 11.3. The summed E-state index contributed by atoms with van der Waals surface area (Å²) in [4.78, 5) is 11.2.